The van der Waals surface area contributed by atoms with Crippen LogP contribution >= 0.6 is 15.9 Å². The summed E-state index contributed by atoms with van der Waals surface area (Å²) >= 11 is 3.21. The lowest BCUT2D eigenvalue weighted by Gasteiger charge is -1.96. The fourth-order valence-electron chi connectivity index (χ4n) is 0.893. The van der Waals surface area contributed by atoms with Gasteiger partial charge in [-0.05, 0) is 39.7 Å². The van der Waals surface area contributed by atoms with Crippen LogP contribution in [0.15, 0.2) is 28.7 Å². The van der Waals surface area contributed by atoms with Crippen molar-refractivity contribution in [2.45, 2.75) is 0 Å². The molecule has 0 spiro atoms. The Morgan fingerprint density at radius 2 is 2.29 bits per heavy atom. The maximum absolute atomic E-state index is 10.2. The van der Waals surface area contributed by atoms with Crippen molar-refractivity contribution in [1.82, 2.24) is 0 Å². The Kier molecular flexibility index (Phi) is 3.43. The van der Waals surface area contributed by atoms with Crippen molar-refractivity contribution >= 4 is 28.0 Å². The van der Waals surface area contributed by atoms with Gasteiger partial charge in [0.2, 0.25) is 0 Å². The molecule has 1 aromatic carbocycles. The minimum Gasteiger partial charge on any atom is -0.478 e. The second-order valence-corrected chi connectivity index (χ2v) is 3.38. The Hall–Kier alpha value is -1.60. The van der Waals surface area contributed by atoms with E-state index in [2.05, 4.69) is 15.9 Å². The minimum absolute atomic E-state index is 0.525. The van der Waals surface area contributed by atoms with Gasteiger partial charge in [-0.1, -0.05) is 6.07 Å². The normalized spacial score (nSPS) is 10.0. The van der Waals surface area contributed by atoms with Crippen LogP contribution in [0.5, 0.6) is 0 Å². The fraction of sp³-hybridized carbons (Fsp3) is 0. The van der Waals surface area contributed by atoms with Crippen molar-refractivity contribution in [3.05, 3.63) is 39.9 Å². The minimum atomic E-state index is -0.995. The number of carbonyl (C=O) groups is 1. The molecule has 0 aliphatic carbocycles. The SMILES string of the molecule is N#Cc1ccc(/C=C/C(=O)O)cc1Br. The molecule has 4 heteroatoms. The predicted molar refractivity (Wildman–Crippen MR) is 55.5 cm³/mol. The zero-order valence-electron chi connectivity index (χ0n) is 7.07. The fourth-order valence-corrected chi connectivity index (χ4v) is 1.38. The third-order valence-electron chi connectivity index (χ3n) is 1.53. The van der Waals surface area contributed by atoms with E-state index in [9.17, 15) is 4.79 Å². The lowest BCUT2D eigenvalue weighted by molar-refractivity contribution is -0.131. The average molecular weight is 252 g/mol. The summed E-state index contributed by atoms with van der Waals surface area (Å²) in [4.78, 5) is 10.2. The van der Waals surface area contributed by atoms with Crippen molar-refractivity contribution in [2.75, 3.05) is 0 Å². The molecule has 14 heavy (non-hydrogen) atoms. The van der Waals surface area contributed by atoms with Crippen LogP contribution in [0.2, 0.25) is 0 Å². The molecule has 0 unspecified atom stereocenters. The van der Waals surface area contributed by atoms with Gasteiger partial charge in [-0.15, -0.1) is 0 Å². The van der Waals surface area contributed by atoms with Crippen LogP contribution in [0.3, 0.4) is 0 Å². The van der Waals surface area contributed by atoms with Gasteiger partial charge < -0.3 is 5.11 Å². The van der Waals surface area contributed by atoms with E-state index in [1.54, 1.807) is 18.2 Å². The van der Waals surface area contributed by atoms with E-state index in [0.29, 0.717) is 10.0 Å². The monoisotopic (exact) mass is 251 g/mol. The molecule has 0 aliphatic rings. The van der Waals surface area contributed by atoms with Crippen molar-refractivity contribution in [1.29, 1.82) is 5.26 Å². The van der Waals surface area contributed by atoms with E-state index in [1.807, 2.05) is 6.07 Å². The number of nitriles is 1. The first-order valence-electron chi connectivity index (χ1n) is 3.74. The largest absolute Gasteiger partial charge is 0.478 e. The van der Waals surface area contributed by atoms with Crippen LogP contribution < -0.4 is 0 Å². The third-order valence-corrected chi connectivity index (χ3v) is 2.19. The van der Waals surface area contributed by atoms with Crippen molar-refractivity contribution in [3.63, 3.8) is 0 Å². The first-order chi connectivity index (χ1) is 6.63. The lowest BCUT2D eigenvalue weighted by atomic mass is 10.1. The summed E-state index contributed by atoms with van der Waals surface area (Å²) < 4.78 is 0.660. The number of rotatable bonds is 2. The maximum atomic E-state index is 10.2. The molecule has 1 rings (SSSR count). The van der Waals surface area contributed by atoms with Gasteiger partial charge in [0.15, 0.2) is 0 Å². The van der Waals surface area contributed by atoms with Crippen LogP contribution in [0.1, 0.15) is 11.1 Å². The van der Waals surface area contributed by atoms with Gasteiger partial charge in [-0.25, -0.2) is 4.79 Å². The van der Waals surface area contributed by atoms with E-state index >= 15 is 0 Å². The number of carboxylic acid groups (broad SMARTS) is 1. The second kappa shape index (κ2) is 4.58. The number of carboxylic acids is 1. The van der Waals surface area contributed by atoms with Crippen molar-refractivity contribution in [2.24, 2.45) is 0 Å². The van der Waals surface area contributed by atoms with Crippen molar-refractivity contribution < 1.29 is 9.90 Å². The Morgan fingerprint density at radius 3 is 2.79 bits per heavy atom. The smallest absolute Gasteiger partial charge is 0.328 e. The molecule has 0 saturated heterocycles. The molecule has 0 fully saturated rings. The van der Waals surface area contributed by atoms with Crippen LogP contribution in [-0.4, -0.2) is 11.1 Å². The Bertz CT molecular complexity index is 432. The van der Waals surface area contributed by atoms with Crippen LogP contribution in [0.25, 0.3) is 6.08 Å². The molecular weight excluding hydrogens is 246 g/mol. The van der Waals surface area contributed by atoms with Gasteiger partial charge in [0, 0.05) is 10.5 Å². The molecule has 0 atom stereocenters. The Labute approximate surface area is 89.4 Å². The van der Waals surface area contributed by atoms with Crippen LogP contribution in [-0.2, 0) is 4.79 Å². The van der Waals surface area contributed by atoms with Crippen LogP contribution in [0, 0.1) is 11.3 Å². The molecule has 70 valence electrons. The molecule has 0 heterocycles. The van der Waals surface area contributed by atoms with E-state index < -0.39 is 5.97 Å². The molecule has 0 amide bonds. The number of benzene rings is 1. The summed E-state index contributed by atoms with van der Waals surface area (Å²) in [7, 11) is 0. The van der Waals surface area contributed by atoms with E-state index in [0.717, 1.165) is 11.6 Å². The molecule has 1 aromatic rings. The van der Waals surface area contributed by atoms with Gasteiger partial charge in [-0.3, -0.25) is 0 Å². The first-order valence-corrected chi connectivity index (χ1v) is 4.53. The highest BCUT2D eigenvalue weighted by Gasteiger charge is 1.98. The lowest BCUT2D eigenvalue weighted by Crippen LogP contribution is -1.86. The van der Waals surface area contributed by atoms with Gasteiger partial charge in [0.25, 0.3) is 0 Å². The number of hydrogen-bond donors (Lipinski definition) is 1. The standard InChI is InChI=1S/C10H6BrNO2/c11-9-5-7(2-4-10(13)14)1-3-8(9)6-12/h1-5H,(H,13,14)/b4-2+. The molecule has 0 bridgehead atoms. The summed E-state index contributed by atoms with van der Waals surface area (Å²) in [5, 5.41) is 17.0. The van der Waals surface area contributed by atoms with Crippen molar-refractivity contribution in [3.8, 4) is 6.07 Å². The highest BCUT2D eigenvalue weighted by molar-refractivity contribution is 9.10. The zero-order chi connectivity index (χ0) is 10.6. The molecule has 1 N–H and O–H groups in total. The summed E-state index contributed by atoms with van der Waals surface area (Å²) in [6.45, 7) is 0. The number of hydrogen-bond acceptors (Lipinski definition) is 2. The van der Waals surface area contributed by atoms with E-state index in [4.69, 9.17) is 10.4 Å². The molecule has 0 saturated carbocycles. The van der Waals surface area contributed by atoms with E-state index in [-0.39, 0.29) is 0 Å². The Balaban J connectivity index is 2.99. The van der Waals surface area contributed by atoms with E-state index in [1.165, 1.54) is 6.08 Å². The zero-order valence-corrected chi connectivity index (χ0v) is 8.65. The number of halogens is 1. The highest BCUT2D eigenvalue weighted by Crippen LogP contribution is 2.18. The summed E-state index contributed by atoms with van der Waals surface area (Å²) in [5.41, 5.74) is 1.26. The highest BCUT2D eigenvalue weighted by atomic mass is 79.9. The Morgan fingerprint density at radius 1 is 1.57 bits per heavy atom. The average Bonchev–Trinajstić information content (AvgIpc) is 2.15. The maximum Gasteiger partial charge on any atom is 0.328 e. The molecule has 0 aromatic heterocycles. The van der Waals surface area contributed by atoms with Gasteiger partial charge in [-0.2, -0.15) is 5.26 Å². The second-order valence-electron chi connectivity index (χ2n) is 2.52. The van der Waals surface area contributed by atoms with Crippen LogP contribution in [0.4, 0.5) is 0 Å². The van der Waals surface area contributed by atoms with Gasteiger partial charge >= 0.3 is 5.97 Å². The third kappa shape index (κ3) is 2.71. The predicted octanol–water partition coefficient (Wildman–Crippen LogP) is 2.42. The van der Waals surface area contributed by atoms with Gasteiger partial charge in [0.05, 0.1) is 5.56 Å². The summed E-state index contributed by atoms with van der Waals surface area (Å²) in [6, 6.07) is 7.01. The number of aliphatic carboxylic acids is 1. The van der Waals surface area contributed by atoms with Gasteiger partial charge in [0.1, 0.15) is 6.07 Å². The molecule has 0 aliphatic heterocycles. The molecule has 0 radical (unpaired) electrons. The first kappa shape index (κ1) is 10.5. The quantitative estimate of drug-likeness (QED) is 0.822. The summed E-state index contributed by atoms with van der Waals surface area (Å²) in [5.74, 6) is -0.995. The molecule has 3 nitrogen and oxygen atoms in total. The topological polar surface area (TPSA) is 61.1 Å². The number of nitrogens with zero attached hydrogens (tertiary/aromatic N) is 1. The molecular formula is C10H6BrNO2. The summed E-state index contributed by atoms with van der Waals surface area (Å²) in [6.07, 6.45) is 2.52.